The minimum Gasteiger partial charge on any atom is -0.362 e. The van der Waals surface area contributed by atoms with E-state index < -0.39 is 0 Å². The van der Waals surface area contributed by atoms with Crippen LogP contribution in [-0.4, -0.2) is 29.9 Å². The number of thiocarbonyl (C=S) groups is 1. The minimum atomic E-state index is 0.207. The highest BCUT2D eigenvalue weighted by Gasteiger charge is 2.21. The first kappa shape index (κ1) is 20.7. The van der Waals surface area contributed by atoms with Gasteiger partial charge < -0.3 is 15.5 Å². The second-order valence-corrected chi connectivity index (χ2v) is 8.49. The van der Waals surface area contributed by atoms with Gasteiger partial charge in [-0.15, -0.1) is 0 Å². The summed E-state index contributed by atoms with van der Waals surface area (Å²) in [5, 5.41) is 7.10. The number of hydrogen-bond donors (Lipinski definition) is 2. The average molecular weight is 414 g/mol. The van der Waals surface area contributed by atoms with Crippen molar-refractivity contribution in [3.63, 3.8) is 0 Å². The minimum absolute atomic E-state index is 0.207. The lowest BCUT2D eigenvalue weighted by Crippen LogP contribution is -2.29. The average Bonchev–Trinajstić information content (AvgIpc) is 3.11. The van der Waals surface area contributed by atoms with E-state index in [0.29, 0.717) is 11.5 Å². The molecule has 2 N–H and O–H groups in total. The molecular weight excluding hydrogens is 386 g/mol. The number of rotatable bonds is 8. The fourth-order valence-corrected chi connectivity index (χ4v) is 4.32. The van der Waals surface area contributed by atoms with Gasteiger partial charge in [0.1, 0.15) is 0 Å². The maximum absolute atomic E-state index is 11.8. The Balaban J connectivity index is 1.31. The summed E-state index contributed by atoms with van der Waals surface area (Å²) >= 11 is 7.32. The van der Waals surface area contributed by atoms with Gasteiger partial charge in [-0.1, -0.05) is 29.8 Å². The first-order valence-corrected chi connectivity index (χ1v) is 11.3. The molecule has 6 heteroatoms. The number of carbonyl (C=O) groups excluding carboxylic acids is 1. The van der Waals surface area contributed by atoms with E-state index in [9.17, 15) is 4.79 Å². The molecule has 1 aliphatic heterocycles. The second kappa shape index (κ2) is 10.5. The van der Waals surface area contributed by atoms with Crippen molar-refractivity contribution >= 4 is 46.4 Å². The third-order valence-electron chi connectivity index (χ3n) is 4.61. The largest absolute Gasteiger partial charge is 0.362 e. The lowest BCUT2D eigenvalue weighted by molar-refractivity contribution is -0.117. The molecule has 28 heavy (non-hydrogen) atoms. The summed E-state index contributed by atoms with van der Waals surface area (Å²) in [6.45, 7) is 3.80. The van der Waals surface area contributed by atoms with Gasteiger partial charge in [0, 0.05) is 36.6 Å². The van der Waals surface area contributed by atoms with E-state index >= 15 is 0 Å². The van der Waals surface area contributed by atoms with Crippen molar-refractivity contribution < 1.29 is 4.79 Å². The molecule has 0 unspecified atom stereocenters. The highest BCUT2D eigenvalue weighted by atomic mass is 32.2. The van der Waals surface area contributed by atoms with Gasteiger partial charge in [0.2, 0.25) is 5.91 Å². The molecule has 1 heterocycles. The van der Waals surface area contributed by atoms with Crippen LogP contribution in [0, 0.1) is 6.92 Å². The Morgan fingerprint density at radius 3 is 2.75 bits per heavy atom. The molecule has 0 bridgehead atoms. The molecule has 1 fully saturated rings. The highest BCUT2D eigenvalue weighted by molar-refractivity contribution is 7.98. The predicted molar refractivity (Wildman–Crippen MR) is 124 cm³/mol. The van der Waals surface area contributed by atoms with Gasteiger partial charge in [0.25, 0.3) is 0 Å². The first-order valence-electron chi connectivity index (χ1n) is 9.70. The van der Waals surface area contributed by atoms with Gasteiger partial charge >= 0.3 is 0 Å². The van der Waals surface area contributed by atoms with Crippen LogP contribution >= 0.6 is 24.0 Å². The Bertz CT molecular complexity index is 808. The maximum Gasteiger partial charge on any atom is 0.227 e. The SMILES string of the molecule is Cc1cccc(CSCCCNC(=S)Nc2ccc(N3CCCC3=O)cc2)c1. The van der Waals surface area contributed by atoms with E-state index in [1.54, 1.807) is 0 Å². The summed E-state index contributed by atoms with van der Waals surface area (Å²) in [7, 11) is 0. The number of amides is 1. The summed E-state index contributed by atoms with van der Waals surface area (Å²) in [4.78, 5) is 13.6. The van der Waals surface area contributed by atoms with Gasteiger partial charge in [-0.25, -0.2) is 0 Å². The van der Waals surface area contributed by atoms with Crippen LogP contribution in [-0.2, 0) is 10.5 Å². The van der Waals surface area contributed by atoms with Gasteiger partial charge in [-0.05, 0) is 67.6 Å². The van der Waals surface area contributed by atoms with Crippen molar-refractivity contribution in [2.75, 3.05) is 29.1 Å². The Morgan fingerprint density at radius 1 is 1.21 bits per heavy atom. The summed E-state index contributed by atoms with van der Waals surface area (Å²) < 4.78 is 0. The number of anilines is 2. The normalized spacial score (nSPS) is 13.6. The number of nitrogens with one attached hydrogen (secondary N) is 2. The predicted octanol–water partition coefficient (Wildman–Crippen LogP) is 4.73. The quantitative estimate of drug-likeness (QED) is 0.484. The molecule has 0 spiro atoms. The van der Waals surface area contributed by atoms with Crippen molar-refractivity contribution in [1.29, 1.82) is 0 Å². The molecule has 4 nitrogen and oxygen atoms in total. The molecular formula is C22H27N3OS2. The standard InChI is InChI=1S/C22H27N3OS2/c1-17-5-2-6-18(15-17)16-28-14-4-12-23-22(27)24-19-8-10-20(11-9-19)25-13-3-7-21(25)26/h2,5-6,8-11,15H,3-4,7,12-14,16H2,1H3,(H2,23,24,27). The van der Waals surface area contributed by atoms with Crippen molar-refractivity contribution in [2.24, 2.45) is 0 Å². The molecule has 0 radical (unpaired) electrons. The summed E-state index contributed by atoms with van der Waals surface area (Å²) in [6.07, 6.45) is 2.65. The Kier molecular flexibility index (Phi) is 7.74. The molecule has 3 rings (SSSR count). The monoisotopic (exact) mass is 413 g/mol. The molecule has 1 aliphatic rings. The third-order valence-corrected chi connectivity index (χ3v) is 5.97. The van der Waals surface area contributed by atoms with Crippen molar-refractivity contribution in [3.05, 3.63) is 59.7 Å². The third kappa shape index (κ3) is 6.24. The van der Waals surface area contributed by atoms with E-state index in [0.717, 1.165) is 48.8 Å². The van der Waals surface area contributed by atoms with Gasteiger partial charge in [0.05, 0.1) is 0 Å². The molecule has 2 aromatic carbocycles. The zero-order chi connectivity index (χ0) is 19.8. The summed E-state index contributed by atoms with van der Waals surface area (Å²) in [6, 6.07) is 16.5. The van der Waals surface area contributed by atoms with Crippen molar-refractivity contribution in [2.45, 2.75) is 31.9 Å². The number of carbonyl (C=O) groups is 1. The highest BCUT2D eigenvalue weighted by Crippen LogP contribution is 2.23. The molecule has 148 valence electrons. The van der Waals surface area contributed by atoms with Crippen LogP contribution in [0.2, 0.25) is 0 Å². The number of benzene rings is 2. The van der Waals surface area contributed by atoms with Crippen LogP contribution in [0.15, 0.2) is 48.5 Å². The first-order chi connectivity index (χ1) is 13.6. The van der Waals surface area contributed by atoms with Gasteiger partial charge in [-0.2, -0.15) is 11.8 Å². The molecule has 0 aliphatic carbocycles. The van der Waals surface area contributed by atoms with Crippen LogP contribution in [0.4, 0.5) is 11.4 Å². The van der Waals surface area contributed by atoms with Crippen molar-refractivity contribution in [1.82, 2.24) is 5.32 Å². The molecule has 1 saturated heterocycles. The van der Waals surface area contributed by atoms with E-state index in [2.05, 4.69) is 41.8 Å². The van der Waals surface area contributed by atoms with Crippen LogP contribution in [0.5, 0.6) is 0 Å². The van der Waals surface area contributed by atoms with Crippen molar-refractivity contribution in [3.8, 4) is 0 Å². The summed E-state index contributed by atoms with van der Waals surface area (Å²) in [5.41, 5.74) is 4.59. The molecule has 0 aromatic heterocycles. The van der Waals surface area contributed by atoms with Crippen LogP contribution in [0.3, 0.4) is 0 Å². The smallest absolute Gasteiger partial charge is 0.227 e. The van der Waals surface area contributed by atoms with E-state index in [1.165, 1.54) is 11.1 Å². The second-order valence-electron chi connectivity index (χ2n) is 6.97. The van der Waals surface area contributed by atoms with Gasteiger partial charge in [0.15, 0.2) is 5.11 Å². The molecule has 1 amide bonds. The lowest BCUT2D eigenvalue weighted by atomic mass is 10.2. The van der Waals surface area contributed by atoms with E-state index in [-0.39, 0.29) is 5.91 Å². The zero-order valence-electron chi connectivity index (χ0n) is 16.2. The molecule has 0 saturated carbocycles. The molecule has 2 aromatic rings. The fraction of sp³-hybridized carbons (Fsp3) is 0.364. The van der Waals surface area contributed by atoms with E-state index in [1.807, 2.05) is 40.9 Å². The zero-order valence-corrected chi connectivity index (χ0v) is 17.9. The molecule has 0 atom stereocenters. The lowest BCUT2D eigenvalue weighted by Gasteiger charge is -2.16. The Hall–Kier alpha value is -2.05. The number of nitrogens with zero attached hydrogens (tertiary/aromatic N) is 1. The van der Waals surface area contributed by atoms with Gasteiger partial charge in [-0.3, -0.25) is 4.79 Å². The Morgan fingerprint density at radius 2 is 2.04 bits per heavy atom. The Labute approximate surface area is 177 Å². The summed E-state index contributed by atoms with van der Waals surface area (Å²) in [5.74, 6) is 2.36. The number of aryl methyl sites for hydroxylation is 1. The number of hydrogen-bond acceptors (Lipinski definition) is 3. The van der Waals surface area contributed by atoms with Crippen LogP contribution < -0.4 is 15.5 Å². The topological polar surface area (TPSA) is 44.4 Å². The number of thioether (sulfide) groups is 1. The van der Waals surface area contributed by atoms with Crippen LogP contribution in [0.25, 0.3) is 0 Å². The van der Waals surface area contributed by atoms with Crippen LogP contribution in [0.1, 0.15) is 30.4 Å². The van der Waals surface area contributed by atoms with E-state index in [4.69, 9.17) is 12.2 Å². The fourth-order valence-electron chi connectivity index (χ4n) is 3.19. The maximum atomic E-state index is 11.8.